The Morgan fingerprint density at radius 3 is 2.95 bits per heavy atom. The first-order valence-electron chi connectivity index (χ1n) is 4.95. The first kappa shape index (κ1) is 13.7. The van der Waals surface area contributed by atoms with E-state index in [1.165, 1.54) is 12.4 Å². The summed E-state index contributed by atoms with van der Waals surface area (Å²) >= 11 is 6.52. The van der Waals surface area contributed by atoms with E-state index in [2.05, 4.69) is 57.6 Å². The minimum Gasteiger partial charge on any atom is -0.506 e. The van der Waals surface area contributed by atoms with Gasteiger partial charge >= 0.3 is 5.69 Å². The molecule has 0 saturated heterocycles. The summed E-state index contributed by atoms with van der Waals surface area (Å²) in [6, 6.07) is 3.40. The zero-order valence-corrected chi connectivity index (χ0v) is 12.4. The number of hydrazone groups is 1. The van der Waals surface area contributed by atoms with Crippen molar-refractivity contribution in [3.63, 3.8) is 0 Å². The van der Waals surface area contributed by atoms with Crippen LogP contribution < -0.4 is 11.1 Å². The third kappa shape index (κ3) is 3.61. The van der Waals surface area contributed by atoms with Crippen LogP contribution in [0.5, 0.6) is 5.75 Å². The van der Waals surface area contributed by atoms with Crippen molar-refractivity contribution in [1.82, 2.24) is 15.2 Å². The molecule has 0 aliphatic rings. The van der Waals surface area contributed by atoms with Gasteiger partial charge in [0.2, 0.25) is 0 Å². The van der Waals surface area contributed by atoms with Gasteiger partial charge in [-0.25, -0.2) is 9.89 Å². The lowest BCUT2D eigenvalue weighted by molar-refractivity contribution is 0.471. The molecule has 0 aliphatic carbocycles. The molecule has 0 atom stereocenters. The lowest BCUT2D eigenvalue weighted by Crippen LogP contribution is -2.13. The van der Waals surface area contributed by atoms with E-state index in [0.29, 0.717) is 10.0 Å². The first-order chi connectivity index (χ1) is 9.06. The maximum Gasteiger partial charge on any atom is 0.363 e. The molecule has 1 aromatic heterocycles. The number of anilines is 1. The molecular formula is C10H7Br2N5O2. The molecule has 2 aromatic rings. The summed E-state index contributed by atoms with van der Waals surface area (Å²) in [4.78, 5) is 14.5. The molecule has 1 heterocycles. The summed E-state index contributed by atoms with van der Waals surface area (Å²) in [6.07, 6.45) is 2.71. The summed E-state index contributed by atoms with van der Waals surface area (Å²) in [5.41, 5.74) is 2.45. The number of H-pyrrole nitrogens is 1. The quantitative estimate of drug-likeness (QED) is 0.549. The summed E-state index contributed by atoms with van der Waals surface area (Å²) < 4.78 is 1.33. The molecule has 0 bridgehead atoms. The van der Waals surface area contributed by atoms with Crippen molar-refractivity contribution in [3.8, 4) is 5.75 Å². The van der Waals surface area contributed by atoms with Crippen LogP contribution in [0.2, 0.25) is 0 Å². The van der Waals surface area contributed by atoms with Crippen molar-refractivity contribution in [1.29, 1.82) is 0 Å². The highest BCUT2D eigenvalue weighted by Crippen LogP contribution is 2.30. The Balaban J connectivity index is 2.18. The standard InChI is InChI=1S/C10H7Br2N5O2/c11-6-1-5(9(18)7(12)2-6)3-13-16-8-4-14-17-10(19)15-8/h1-4,18H,(H2,15,16,17,19). The van der Waals surface area contributed by atoms with Crippen LogP contribution in [0.1, 0.15) is 5.56 Å². The highest BCUT2D eigenvalue weighted by molar-refractivity contribution is 9.11. The molecule has 0 radical (unpaired) electrons. The monoisotopic (exact) mass is 387 g/mol. The van der Waals surface area contributed by atoms with Crippen molar-refractivity contribution in [2.45, 2.75) is 0 Å². The molecule has 19 heavy (non-hydrogen) atoms. The van der Waals surface area contributed by atoms with Gasteiger partial charge in [-0.2, -0.15) is 15.2 Å². The van der Waals surface area contributed by atoms with Crippen molar-refractivity contribution >= 4 is 43.9 Å². The van der Waals surface area contributed by atoms with Gasteiger partial charge in [0, 0.05) is 10.0 Å². The van der Waals surface area contributed by atoms with Gasteiger partial charge in [0.15, 0.2) is 5.82 Å². The van der Waals surface area contributed by atoms with Crippen LogP contribution in [0.4, 0.5) is 5.82 Å². The number of halogens is 2. The topological polar surface area (TPSA) is 103 Å². The van der Waals surface area contributed by atoms with E-state index in [0.717, 1.165) is 4.47 Å². The lowest BCUT2D eigenvalue weighted by atomic mass is 10.2. The molecule has 9 heteroatoms. The molecule has 0 fully saturated rings. The summed E-state index contributed by atoms with van der Waals surface area (Å²) in [6.45, 7) is 0. The second-order valence-corrected chi connectivity index (χ2v) is 5.14. The van der Waals surface area contributed by atoms with Gasteiger partial charge in [-0.1, -0.05) is 15.9 Å². The number of aromatic hydroxyl groups is 1. The Kier molecular flexibility index (Phi) is 4.27. The predicted octanol–water partition coefficient (Wildman–Crippen LogP) is 1.84. The van der Waals surface area contributed by atoms with Crippen molar-refractivity contribution in [2.75, 3.05) is 5.43 Å². The normalized spacial score (nSPS) is 10.8. The van der Waals surface area contributed by atoms with E-state index in [1.54, 1.807) is 12.1 Å². The van der Waals surface area contributed by atoms with Gasteiger partial charge < -0.3 is 5.11 Å². The fraction of sp³-hybridized carbons (Fsp3) is 0. The second-order valence-electron chi connectivity index (χ2n) is 3.37. The third-order valence-corrected chi connectivity index (χ3v) is 3.07. The maximum atomic E-state index is 10.9. The van der Waals surface area contributed by atoms with Crippen LogP contribution in [-0.4, -0.2) is 26.5 Å². The summed E-state index contributed by atoms with van der Waals surface area (Å²) in [5.74, 6) is 0.263. The summed E-state index contributed by atoms with van der Waals surface area (Å²) in [7, 11) is 0. The van der Waals surface area contributed by atoms with E-state index in [-0.39, 0.29) is 11.6 Å². The van der Waals surface area contributed by atoms with Gasteiger partial charge in [-0.05, 0) is 28.1 Å². The predicted molar refractivity (Wildman–Crippen MR) is 77.4 cm³/mol. The number of aromatic amines is 1. The zero-order valence-electron chi connectivity index (χ0n) is 9.26. The molecule has 7 nitrogen and oxygen atoms in total. The molecule has 0 spiro atoms. The van der Waals surface area contributed by atoms with Crippen LogP contribution in [0, 0.1) is 0 Å². The molecule has 2 rings (SSSR count). The molecular weight excluding hydrogens is 382 g/mol. The average molecular weight is 389 g/mol. The van der Waals surface area contributed by atoms with E-state index in [1.807, 2.05) is 0 Å². The van der Waals surface area contributed by atoms with Crippen molar-refractivity contribution in [3.05, 3.63) is 43.3 Å². The van der Waals surface area contributed by atoms with E-state index >= 15 is 0 Å². The number of benzene rings is 1. The molecule has 0 aliphatic heterocycles. The SMILES string of the molecule is O=c1nc(NN=Cc2cc(Br)cc(Br)c2O)cn[nH]1. The van der Waals surface area contributed by atoms with Gasteiger partial charge in [0.25, 0.3) is 0 Å². The van der Waals surface area contributed by atoms with Crippen LogP contribution in [0.15, 0.2) is 37.2 Å². The Bertz CT molecular complexity index is 686. The number of hydrogen-bond donors (Lipinski definition) is 3. The smallest absolute Gasteiger partial charge is 0.363 e. The zero-order chi connectivity index (χ0) is 13.8. The Morgan fingerprint density at radius 2 is 2.21 bits per heavy atom. The number of nitrogens with zero attached hydrogens (tertiary/aromatic N) is 3. The van der Waals surface area contributed by atoms with E-state index in [4.69, 9.17) is 0 Å². The minimum atomic E-state index is -0.576. The number of nitrogens with one attached hydrogen (secondary N) is 2. The number of phenolic OH excluding ortho intramolecular Hbond substituents is 1. The molecule has 0 unspecified atom stereocenters. The minimum absolute atomic E-state index is 0.0609. The Hall–Kier alpha value is -1.74. The summed E-state index contributed by atoms with van der Waals surface area (Å²) in [5, 5.41) is 19.4. The second kappa shape index (κ2) is 5.93. The number of hydrogen-bond acceptors (Lipinski definition) is 6. The number of phenols is 1. The Labute approximate surface area is 124 Å². The largest absolute Gasteiger partial charge is 0.506 e. The fourth-order valence-electron chi connectivity index (χ4n) is 1.22. The molecule has 0 saturated carbocycles. The van der Waals surface area contributed by atoms with Crippen molar-refractivity contribution < 1.29 is 5.11 Å². The van der Waals surface area contributed by atoms with E-state index < -0.39 is 5.69 Å². The highest BCUT2D eigenvalue weighted by atomic mass is 79.9. The first-order valence-corrected chi connectivity index (χ1v) is 6.53. The fourth-order valence-corrected chi connectivity index (χ4v) is 2.48. The number of aromatic nitrogens is 3. The van der Waals surface area contributed by atoms with Gasteiger partial charge in [0.05, 0.1) is 16.9 Å². The number of rotatable bonds is 3. The van der Waals surface area contributed by atoms with Crippen LogP contribution in [0.3, 0.4) is 0 Å². The van der Waals surface area contributed by atoms with Crippen molar-refractivity contribution in [2.24, 2.45) is 5.10 Å². The van der Waals surface area contributed by atoms with Gasteiger partial charge in [-0.3, -0.25) is 5.43 Å². The average Bonchev–Trinajstić information content (AvgIpc) is 2.35. The Morgan fingerprint density at radius 1 is 1.42 bits per heavy atom. The molecule has 0 amide bonds. The third-order valence-electron chi connectivity index (χ3n) is 2.01. The van der Waals surface area contributed by atoms with Crippen LogP contribution >= 0.6 is 31.9 Å². The molecule has 1 aromatic carbocycles. The molecule has 98 valence electrons. The molecule has 3 N–H and O–H groups in total. The van der Waals surface area contributed by atoms with Crippen LogP contribution in [-0.2, 0) is 0 Å². The van der Waals surface area contributed by atoms with Gasteiger partial charge in [0.1, 0.15) is 5.75 Å². The van der Waals surface area contributed by atoms with Gasteiger partial charge in [-0.15, -0.1) is 0 Å². The van der Waals surface area contributed by atoms with Crippen LogP contribution in [0.25, 0.3) is 0 Å². The lowest BCUT2D eigenvalue weighted by Gasteiger charge is -2.02. The maximum absolute atomic E-state index is 10.9. The highest BCUT2D eigenvalue weighted by Gasteiger charge is 2.05. The van der Waals surface area contributed by atoms with E-state index in [9.17, 15) is 9.90 Å².